The molecule has 0 bridgehead atoms. The van der Waals surface area contributed by atoms with Gasteiger partial charge in [-0.05, 0) is 44.5 Å². The number of rotatable bonds is 2. The predicted octanol–water partition coefficient (Wildman–Crippen LogP) is 3.73. The summed E-state index contributed by atoms with van der Waals surface area (Å²) in [5.74, 6) is 0. The molecule has 0 atom stereocenters. The van der Waals surface area contributed by atoms with Crippen molar-refractivity contribution in [2.45, 2.75) is 32.7 Å². The lowest BCUT2D eigenvalue weighted by Gasteiger charge is -2.35. The van der Waals surface area contributed by atoms with Gasteiger partial charge in [0.25, 0.3) is 0 Å². The van der Waals surface area contributed by atoms with Crippen molar-refractivity contribution in [1.29, 1.82) is 0 Å². The normalized spacial score (nSPS) is 23.9. The number of hydrogen-bond donors (Lipinski definition) is 0. The van der Waals surface area contributed by atoms with E-state index in [9.17, 15) is 0 Å². The molecule has 0 saturated carbocycles. The van der Waals surface area contributed by atoms with Crippen molar-refractivity contribution in [2.24, 2.45) is 0 Å². The predicted molar refractivity (Wildman–Crippen MR) is 91.1 cm³/mol. The molecule has 0 radical (unpaired) electrons. The van der Waals surface area contributed by atoms with Crippen molar-refractivity contribution in [3.05, 3.63) is 65.3 Å². The zero-order valence-corrected chi connectivity index (χ0v) is 13.6. The van der Waals surface area contributed by atoms with Gasteiger partial charge in [0.05, 0.1) is 12.2 Å². The molecule has 0 spiro atoms. The first kappa shape index (κ1) is 15.0. The largest absolute Gasteiger partial charge is 0.343 e. The Bertz CT molecular complexity index is 598. The van der Waals surface area contributed by atoms with Gasteiger partial charge >= 0.3 is 0 Å². The van der Waals surface area contributed by atoms with E-state index in [-0.39, 0.29) is 0 Å². The van der Waals surface area contributed by atoms with E-state index in [1.807, 2.05) is 12.3 Å². The minimum absolute atomic E-state index is 0.861. The fourth-order valence-electron chi connectivity index (χ4n) is 3.19. The van der Waals surface area contributed by atoms with Crippen LogP contribution in [-0.4, -0.2) is 34.9 Å². The molecule has 1 aromatic rings. The van der Waals surface area contributed by atoms with Crippen LogP contribution >= 0.6 is 0 Å². The van der Waals surface area contributed by atoms with Crippen LogP contribution in [0.15, 0.2) is 59.6 Å². The van der Waals surface area contributed by atoms with Crippen LogP contribution in [0.25, 0.3) is 0 Å². The van der Waals surface area contributed by atoms with Gasteiger partial charge in [-0.2, -0.15) is 0 Å². The molecule has 3 nitrogen and oxygen atoms in total. The number of allylic oxidation sites excluding steroid dienone is 3. The van der Waals surface area contributed by atoms with Gasteiger partial charge in [0.1, 0.15) is 0 Å². The van der Waals surface area contributed by atoms with E-state index in [4.69, 9.17) is 0 Å². The van der Waals surface area contributed by atoms with E-state index in [2.05, 4.69) is 59.1 Å². The Morgan fingerprint density at radius 1 is 1.23 bits per heavy atom. The molecule has 1 aromatic heterocycles. The molecular formula is C19H25N3. The van der Waals surface area contributed by atoms with Crippen LogP contribution in [0, 0.1) is 0 Å². The Morgan fingerprint density at radius 2 is 2.14 bits per heavy atom. The Balaban J connectivity index is 1.97. The molecule has 0 aliphatic carbocycles. The highest BCUT2D eigenvalue weighted by Gasteiger charge is 2.21. The second-order valence-electron chi connectivity index (χ2n) is 6.19. The highest BCUT2D eigenvalue weighted by Crippen LogP contribution is 2.28. The van der Waals surface area contributed by atoms with E-state index in [0.29, 0.717) is 0 Å². The van der Waals surface area contributed by atoms with Gasteiger partial charge in [0, 0.05) is 37.1 Å². The van der Waals surface area contributed by atoms with Gasteiger partial charge in [-0.15, -0.1) is 0 Å². The summed E-state index contributed by atoms with van der Waals surface area (Å²) < 4.78 is 0. The van der Waals surface area contributed by atoms with Gasteiger partial charge in [0.2, 0.25) is 0 Å². The van der Waals surface area contributed by atoms with Gasteiger partial charge in [-0.3, -0.25) is 4.98 Å². The molecule has 0 amide bonds. The molecule has 0 saturated heterocycles. The first-order chi connectivity index (χ1) is 10.7. The maximum absolute atomic E-state index is 4.52. The Labute approximate surface area is 133 Å². The molecular weight excluding hydrogens is 270 g/mol. The Kier molecular flexibility index (Phi) is 4.74. The lowest BCUT2D eigenvalue weighted by Crippen LogP contribution is -2.33. The summed E-state index contributed by atoms with van der Waals surface area (Å²) in [4.78, 5) is 9.39. The lowest BCUT2D eigenvalue weighted by atomic mass is 10.0. The summed E-state index contributed by atoms with van der Waals surface area (Å²) in [5, 5.41) is 0. The average molecular weight is 295 g/mol. The lowest BCUT2D eigenvalue weighted by molar-refractivity contribution is 0.302. The third-order valence-electron chi connectivity index (χ3n) is 4.43. The second-order valence-corrected chi connectivity index (χ2v) is 6.19. The summed E-state index contributed by atoms with van der Waals surface area (Å²) in [6.07, 6.45) is 12.2. The molecule has 3 heterocycles. The zero-order chi connectivity index (χ0) is 15.4. The van der Waals surface area contributed by atoms with Gasteiger partial charge < -0.3 is 9.80 Å². The summed E-state index contributed by atoms with van der Waals surface area (Å²) in [5.41, 5.74) is 5.41. The molecule has 3 heteroatoms. The number of likely N-dealkylation sites (N-methyl/N-ethyl adjacent to an activating group) is 1. The van der Waals surface area contributed by atoms with Gasteiger partial charge in [-0.1, -0.05) is 24.3 Å². The molecule has 2 aliphatic heterocycles. The number of aromatic nitrogens is 1. The summed E-state index contributed by atoms with van der Waals surface area (Å²) in [6, 6.07) is 6.17. The van der Waals surface area contributed by atoms with Crippen LogP contribution in [0.5, 0.6) is 0 Å². The first-order valence-corrected chi connectivity index (χ1v) is 8.15. The van der Waals surface area contributed by atoms with Crippen molar-refractivity contribution in [2.75, 3.05) is 20.1 Å². The van der Waals surface area contributed by atoms with Crippen molar-refractivity contribution in [3.63, 3.8) is 0 Å². The summed E-state index contributed by atoms with van der Waals surface area (Å²) in [6.45, 7) is 5.26. The maximum atomic E-state index is 4.52. The minimum Gasteiger partial charge on any atom is -0.343 e. The minimum atomic E-state index is 0.861. The van der Waals surface area contributed by atoms with Crippen LogP contribution < -0.4 is 0 Å². The van der Waals surface area contributed by atoms with Crippen LogP contribution in [0.1, 0.15) is 31.9 Å². The molecule has 2 aliphatic rings. The topological polar surface area (TPSA) is 19.4 Å². The van der Waals surface area contributed by atoms with Crippen LogP contribution in [-0.2, 0) is 6.54 Å². The van der Waals surface area contributed by atoms with E-state index < -0.39 is 0 Å². The van der Waals surface area contributed by atoms with Crippen molar-refractivity contribution in [3.8, 4) is 0 Å². The fourth-order valence-corrected chi connectivity index (χ4v) is 3.19. The maximum Gasteiger partial charge on any atom is 0.0647 e. The van der Waals surface area contributed by atoms with Crippen molar-refractivity contribution >= 4 is 0 Å². The third-order valence-corrected chi connectivity index (χ3v) is 4.43. The van der Waals surface area contributed by atoms with E-state index in [1.165, 1.54) is 17.0 Å². The van der Waals surface area contributed by atoms with Crippen LogP contribution in [0.4, 0.5) is 0 Å². The Morgan fingerprint density at radius 3 is 2.95 bits per heavy atom. The van der Waals surface area contributed by atoms with Crippen molar-refractivity contribution < 1.29 is 0 Å². The van der Waals surface area contributed by atoms with Gasteiger partial charge in [0.15, 0.2) is 0 Å². The van der Waals surface area contributed by atoms with Crippen molar-refractivity contribution in [1.82, 2.24) is 14.8 Å². The fraction of sp³-hybridized carbons (Fsp3) is 0.421. The quantitative estimate of drug-likeness (QED) is 0.829. The first-order valence-electron chi connectivity index (χ1n) is 8.15. The molecule has 22 heavy (non-hydrogen) atoms. The highest BCUT2D eigenvalue weighted by molar-refractivity contribution is 5.32. The average Bonchev–Trinajstić information content (AvgIpc) is 2.59. The standard InChI is InChI=1S/C19H25N3/c1-16-8-4-3-5-9-17-14-21(2)13-11-19(17)22(16)15-18-10-6-7-12-20-18/h5-10,12H,3-4,11,13-15H2,1-2H3/b9-5+,16-8+. The Hall–Kier alpha value is -1.87. The summed E-state index contributed by atoms with van der Waals surface area (Å²) >= 11 is 0. The monoisotopic (exact) mass is 295 g/mol. The molecule has 116 valence electrons. The SMILES string of the molecule is C/C1=C\CC/C=C/C2=C(CCN(C)C2)N1Cc1ccccn1. The van der Waals surface area contributed by atoms with E-state index in [1.54, 1.807) is 0 Å². The summed E-state index contributed by atoms with van der Waals surface area (Å²) in [7, 11) is 2.20. The zero-order valence-electron chi connectivity index (χ0n) is 13.6. The van der Waals surface area contributed by atoms with Crippen LogP contribution in [0.3, 0.4) is 0 Å². The molecule has 0 unspecified atom stereocenters. The smallest absolute Gasteiger partial charge is 0.0647 e. The van der Waals surface area contributed by atoms with E-state index in [0.717, 1.165) is 44.6 Å². The molecule has 0 fully saturated rings. The molecule has 3 rings (SSSR count). The third kappa shape index (κ3) is 3.47. The second kappa shape index (κ2) is 6.93. The van der Waals surface area contributed by atoms with Gasteiger partial charge in [-0.25, -0.2) is 0 Å². The highest BCUT2D eigenvalue weighted by atomic mass is 15.2. The van der Waals surface area contributed by atoms with Crippen LogP contribution in [0.2, 0.25) is 0 Å². The number of pyridine rings is 1. The van der Waals surface area contributed by atoms with E-state index >= 15 is 0 Å². The number of hydrogen-bond acceptors (Lipinski definition) is 3. The number of nitrogens with zero attached hydrogens (tertiary/aromatic N) is 3. The molecule has 0 N–H and O–H groups in total. The molecule has 0 aromatic carbocycles.